The number of nitrogens with zero attached hydrogens (tertiary/aromatic N) is 3. The summed E-state index contributed by atoms with van der Waals surface area (Å²) in [4.78, 5) is 12.4. The van der Waals surface area contributed by atoms with Crippen LogP contribution in [0.1, 0.15) is 22.4 Å². The Morgan fingerprint density at radius 1 is 1.33 bits per heavy atom. The Balaban J connectivity index is 0.00000288. The normalized spacial score (nSPS) is 10.9. The second-order valence-electron chi connectivity index (χ2n) is 5.24. The van der Waals surface area contributed by atoms with E-state index >= 15 is 0 Å². The lowest BCUT2D eigenvalue weighted by Gasteiger charge is -2.22. The van der Waals surface area contributed by atoms with Crippen LogP contribution in [0.25, 0.3) is 0 Å². The molecule has 0 aliphatic carbocycles. The lowest BCUT2D eigenvalue weighted by Crippen LogP contribution is -2.38. The third kappa shape index (κ3) is 6.27. The van der Waals surface area contributed by atoms with Gasteiger partial charge in [0.2, 0.25) is 0 Å². The van der Waals surface area contributed by atoms with E-state index in [1.54, 1.807) is 18.4 Å². The molecule has 0 radical (unpaired) electrons. The Bertz CT molecular complexity index is 642. The monoisotopic (exact) mass is 460 g/mol. The van der Waals surface area contributed by atoms with Gasteiger partial charge in [0.05, 0.1) is 13.7 Å². The van der Waals surface area contributed by atoms with E-state index in [2.05, 4.69) is 46.2 Å². The van der Waals surface area contributed by atoms with Crippen LogP contribution in [-0.4, -0.2) is 36.5 Å². The Labute approximate surface area is 165 Å². The van der Waals surface area contributed by atoms with Crippen LogP contribution in [0.3, 0.4) is 0 Å². The van der Waals surface area contributed by atoms with E-state index in [0.29, 0.717) is 6.54 Å². The van der Waals surface area contributed by atoms with Gasteiger partial charge in [-0.2, -0.15) is 0 Å². The van der Waals surface area contributed by atoms with Crippen LogP contribution < -0.4 is 10.1 Å². The van der Waals surface area contributed by atoms with Crippen LogP contribution in [-0.2, 0) is 13.1 Å². The molecule has 7 heteroatoms. The maximum absolute atomic E-state index is 5.19. The van der Waals surface area contributed by atoms with Crippen molar-refractivity contribution in [2.45, 2.75) is 26.9 Å². The maximum atomic E-state index is 5.19. The van der Waals surface area contributed by atoms with Crippen LogP contribution >= 0.6 is 35.3 Å². The summed E-state index contributed by atoms with van der Waals surface area (Å²) in [6.07, 6.45) is 1.89. The lowest BCUT2D eigenvalue weighted by molar-refractivity contribution is 0.414. The van der Waals surface area contributed by atoms with Gasteiger partial charge in [0.15, 0.2) is 5.96 Å². The summed E-state index contributed by atoms with van der Waals surface area (Å²) in [5.74, 6) is 1.76. The van der Waals surface area contributed by atoms with E-state index in [1.807, 2.05) is 25.4 Å². The fourth-order valence-corrected chi connectivity index (χ4v) is 2.88. The van der Waals surface area contributed by atoms with Gasteiger partial charge in [0.1, 0.15) is 10.8 Å². The molecular weight excluding hydrogens is 435 g/mol. The third-order valence-corrected chi connectivity index (χ3v) is 4.21. The Morgan fingerprint density at radius 3 is 2.58 bits per heavy atom. The minimum absolute atomic E-state index is 0. The number of nitrogens with one attached hydrogen (secondary N) is 1. The SMILES string of the molecule is CCNC(=NCc1ncc(C)s1)N(C)Cc1ccc(OC)cc1.I. The summed E-state index contributed by atoms with van der Waals surface area (Å²) >= 11 is 1.69. The van der Waals surface area contributed by atoms with Crippen LogP contribution in [0.2, 0.25) is 0 Å². The van der Waals surface area contributed by atoms with Crippen molar-refractivity contribution in [2.24, 2.45) is 4.99 Å². The Kier molecular flexibility index (Phi) is 9.05. The number of ether oxygens (including phenoxy) is 1. The van der Waals surface area contributed by atoms with E-state index in [9.17, 15) is 0 Å². The molecule has 132 valence electrons. The van der Waals surface area contributed by atoms with Crippen molar-refractivity contribution in [2.75, 3.05) is 20.7 Å². The molecule has 0 unspecified atom stereocenters. The predicted molar refractivity (Wildman–Crippen MR) is 112 cm³/mol. The largest absolute Gasteiger partial charge is 0.497 e. The second kappa shape index (κ2) is 10.5. The quantitative estimate of drug-likeness (QED) is 0.406. The molecule has 0 atom stereocenters. The lowest BCUT2D eigenvalue weighted by atomic mass is 10.2. The van der Waals surface area contributed by atoms with E-state index in [-0.39, 0.29) is 24.0 Å². The van der Waals surface area contributed by atoms with Crippen LogP contribution in [0.4, 0.5) is 0 Å². The van der Waals surface area contributed by atoms with Crippen molar-refractivity contribution in [3.63, 3.8) is 0 Å². The number of thiazole rings is 1. The number of rotatable bonds is 6. The minimum atomic E-state index is 0. The molecule has 24 heavy (non-hydrogen) atoms. The first kappa shape index (κ1) is 20.7. The van der Waals surface area contributed by atoms with Gasteiger partial charge >= 0.3 is 0 Å². The van der Waals surface area contributed by atoms with Crippen LogP contribution in [0.15, 0.2) is 35.5 Å². The van der Waals surface area contributed by atoms with Gasteiger partial charge in [-0.05, 0) is 31.5 Å². The van der Waals surface area contributed by atoms with Crippen molar-refractivity contribution in [3.8, 4) is 5.75 Å². The molecular formula is C17H25IN4OS. The van der Waals surface area contributed by atoms with E-state index in [0.717, 1.165) is 29.8 Å². The Hall–Kier alpha value is -1.35. The van der Waals surface area contributed by atoms with Crippen molar-refractivity contribution in [1.29, 1.82) is 0 Å². The van der Waals surface area contributed by atoms with Crippen LogP contribution in [0, 0.1) is 6.92 Å². The highest BCUT2D eigenvalue weighted by atomic mass is 127. The van der Waals surface area contributed by atoms with E-state index in [4.69, 9.17) is 4.74 Å². The number of benzene rings is 1. The van der Waals surface area contributed by atoms with E-state index in [1.165, 1.54) is 10.4 Å². The molecule has 0 aliphatic rings. The van der Waals surface area contributed by atoms with Crippen molar-refractivity contribution >= 4 is 41.3 Å². The predicted octanol–water partition coefficient (Wildman–Crippen LogP) is 3.68. The zero-order chi connectivity index (χ0) is 16.7. The van der Waals surface area contributed by atoms with Gasteiger partial charge in [-0.3, -0.25) is 0 Å². The molecule has 1 aromatic carbocycles. The number of hydrogen-bond donors (Lipinski definition) is 1. The molecule has 2 aromatic rings. The standard InChI is InChI=1S/C17H24N4OS.HI/c1-5-18-17(20-11-16-19-10-13(2)23-16)21(3)12-14-6-8-15(22-4)9-7-14;/h6-10H,5,11-12H2,1-4H3,(H,18,20);1H. The highest BCUT2D eigenvalue weighted by Gasteiger charge is 2.07. The summed E-state index contributed by atoms with van der Waals surface area (Å²) in [5, 5.41) is 4.37. The topological polar surface area (TPSA) is 49.8 Å². The molecule has 0 amide bonds. The zero-order valence-electron chi connectivity index (χ0n) is 14.6. The number of hydrogen-bond acceptors (Lipinski definition) is 4. The van der Waals surface area contributed by atoms with Crippen molar-refractivity contribution in [1.82, 2.24) is 15.2 Å². The first-order valence-corrected chi connectivity index (χ1v) is 8.47. The first-order chi connectivity index (χ1) is 11.1. The smallest absolute Gasteiger partial charge is 0.194 e. The summed E-state index contributed by atoms with van der Waals surface area (Å²) < 4.78 is 5.19. The van der Waals surface area contributed by atoms with Gasteiger partial charge in [0.25, 0.3) is 0 Å². The van der Waals surface area contributed by atoms with E-state index < -0.39 is 0 Å². The average molecular weight is 460 g/mol. The molecule has 0 fully saturated rings. The highest BCUT2D eigenvalue weighted by Crippen LogP contribution is 2.14. The van der Waals surface area contributed by atoms with Gasteiger partial charge in [-0.25, -0.2) is 9.98 Å². The summed E-state index contributed by atoms with van der Waals surface area (Å²) in [6, 6.07) is 8.10. The van der Waals surface area contributed by atoms with Gasteiger partial charge in [0, 0.05) is 31.2 Å². The third-order valence-electron chi connectivity index (χ3n) is 3.31. The number of guanidine groups is 1. The molecule has 0 spiro atoms. The highest BCUT2D eigenvalue weighted by molar-refractivity contribution is 14.0. The average Bonchev–Trinajstić information content (AvgIpc) is 2.97. The molecule has 2 rings (SSSR count). The summed E-state index contributed by atoms with van der Waals surface area (Å²) in [6.45, 7) is 6.36. The number of aryl methyl sites for hydroxylation is 1. The second-order valence-corrected chi connectivity index (χ2v) is 6.56. The number of methoxy groups -OCH3 is 1. The first-order valence-electron chi connectivity index (χ1n) is 7.66. The zero-order valence-corrected chi connectivity index (χ0v) is 17.7. The maximum Gasteiger partial charge on any atom is 0.194 e. The van der Waals surface area contributed by atoms with Gasteiger partial charge in [-0.1, -0.05) is 12.1 Å². The number of aliphatic imine (C=N–C) groups is 1. The molecule has 0 saturated heterocycles. The molecule has 0 saturated carbocycles. The molecule has 0 aliphatic heterocycles. The minimum Gasteiger partial charge on any atom is -0.497 e. The van der Waals surface area contributed by atoms with Gasteiger partial charge < -0.3 is 15.0 Å². The molecule has 5 nitrogen and oxygen atoms in total. The summed E-state index contributed by atoms with van der Waals surface area (Å²) in [7, 11) is 3.72. The molecule has 1 aromatic heterocycles. The molecule has 1 heterocycles. The molecule has 1 N–H and O–H groups in total. The molecule has 0 bridgehead atoms. The van der Waals surface area contributed by atoms with Crippen molar-refractivity contribution < 1.29 is 4.74 Å². The summed E-state index contributed by atoms with van der Waals surface area (Å²) in [5.41, 5.74) is 1.21. The fraction of sp³-hybridized carbons (Fsp3) is 0.412. The number of aromatic nitrogens is 1. The number of halogens is 1. The fourth-order valence-electron chi connectivity index (χ4n) is 2.17. The Morgan fingerprint density at radius 2 is 2.04 bits per heavy atom. The van der Waals surface area contributed by atoms with Gasteiger partial charge in [-0.15, -0.1) is 35.3 Å². The van der Waals surface area contributed by atoms with Crippen molar-refractivity contribution in [3.05, 3.63) is 45.9 Å². The van der Waals surface area contributed by atoms with Crippen LogP contribution in [0.5, 0.6) is 5.75 Å².